The third-order valence-corrected chi connectivity index (χ3v) is 4.40. The fourth-order valence-corrected chi connectivity index (χ4v) is 2.78. The summed E-state index contributed by atoms with van der Waals surface area (Å²) in [5, 5.41) is 6.41. The average Bonchev–Trinajstić information content (AvgIpc) is 3.25. The largest absolute Gasteiger partial charge is 0.352 e. The van der Waals surface area contributed by atoms with E-state index in [0.29, 0.717) is 6.04 Å². The molecule has 1 aromatic rings. The number of hydrogen-bond donors (Lipinski definition) is 2. The van der Waals surface area contributed by atoms with E-state index < -0.39 is 0 Å². The van der Waals surface area contributed by atoms with Gasteiger partial charge in [-0.25, -0.2) is 0 Å². The molecule has 4 heteroatoms. The van der Waals surface area contributed by atoms with Gasteiger partial charge in [0, 0.05) is 17.5 Å². The van der Waals surface area contributed by atoms with Gasteiger partial charge in [-0.1, -0.05) is 19.1 Å². The highest BCUT2D eigenvalue weighted by Gasteiger charge is 2.25. The van der Waals surface area contributed by atoms with Gasteiger partial charge in [0.05, 0.1) is 5.25 Å². The second-order valence-corrected chi connectivity index (χ2v) is 6.78. The highest BCUT2D eigenvalue weighted by atomic mass is 32.2. The van der Waals surface area contributed by atoms with Gasteiger partial charge in [-0.05, 0) is 50.4 Å². The van der Waals surface area contributed by atoms with Crippen molar-refractivity contribution in [3.63, 3.8) is 0 Å². The zero-order chi connectivity index (χ0) is 14.4. The molecule has 1 aliphatic rings. The molecule has 1 amide bonds. The average molecular weight is 292 g/mol. The molecule has 1 atom stereocenters. The summed E-state index contributed by atoms with van der Waals surface area (Å²) in [6.45, 7) is 6.10. The van der Waals surface area contributed by atoms with E-state index in [0.717, 1.165) is 37.2 Å². The van der Waals surface area contributed by atoms with Crippen molar-refractivity contribution >= 4 is 17.7 Å². The number of carbonyl (C=O) groups excluding carboxylic acids is 1. The normalized spacial score (nSPS) is 15.9. The van der Waals surface area contributed by atoms with Gasteiger partial charge in [0.2, 0.25) is 5.91 Å². The Morgan fingerprint density at radius 1 is 1.35 bits per heavy atom. The van der Waals surface area contributed by atoms with Crippen LogP contribution in [0.2, 0.25) is 0 Å². The quantitative estimate of drug-likeness (QED) is 0.572. The van der Waals surface area contributed by atoms with E-state index in [2.05, 4.69) is 41.8 Å². The summed E-state index contributed by atoms with van der Waals surface area (Å²) < 4.78 is 0. The molecule has 1 aliphatic carbocycles. The van der Waals surface area contributed by atoms with Crippen molar-refractivity contribution in [2.75, 3.05) is 6.54 Å². The first-order valence-electron chi connectivity index (χ1n) is 7.45. The lowest BCUT2D eigenvalue weighted by atomic mass is 10.2. The molecule has 0 bridgehead atoms. The number of thioether (sulfide) groups is 1. The van der Waals surface area contributed by atoms with E-state index in [1.807, 2.05) is 6.92 Å². The first-order valence-corrected chi connectivity index (χ1v) is 8.33. The highest BCUT2D eigenvalue weighted by molar-refractivity contribution is 8.00. The first-order chi connectivity index (χ1) is 9.69. The predicted molar refractivity (Wildman–Crippen MR) is 84.9 cm³/mol. The van der Waals surface area contributed by atoms with Gasteiger partial charge in [0.15, 0.2) is 0 Å². The summed E-state index contributed by atoms with van der Waals surface area (Å²) >= 11 is 1.63. The molecule has 1 aromatic carbocycles. The van der Waals surface area contributed by atoms with Gasteiger partial charge >= 0.3 is 0 Å². The standard InChI is InChI=1S/C16H24N2OS/c1-3-10-17-11-13-4-8-15(9-5-13)20-12(2)16(19)18-14-6-7-14/h4-5,8-9,12,14,17H,3,6-7,10-11H2,1-2H3,(H,18,19). The summed E-state index contributed by atoms with van der Waals surface area (Å²) in [6, 6.07) is 8.92. The molecule has 0 aliphatic heterocycles. The molecular formula is C16H24N2OS. The van der Waals surface area contributed by atoms with Gasteiger partial charge in [-0.15, -0.1) is 11.8 Å². The fraction of sp³-hybridized carbons (Fsp3) is 0.562. The van der Waals surface area contributed by atoms with Crippen LogP contribution in [0.5, 0.6) is 0 Å². The zero-order valence-electron chi connectivity index (χ0n) is 12.3. The van der Waals surface area contributed by atoms with Crippen molar-refractivity contribution in [1.82, 2.24) is 10.6 Å². The minimum Gasteiger partial charge on any atom is -0.352 e. The van der Waals surface area contributed by atoms with Gasteiger partial charge < -0.3 is 10.6 Å². The molecule has 1 unspecified atom stereocenters. The third-order valence-electron chi connectivity index (χ3n) is 3.29. The minimum absolute atomic E-state index is 0.0281. The Morgan fingerprint density at radius 2 is 2.05 bits per heavy atom. The van der Waals surface area contributed by atoms with E-state index in [-0.39, 0.29) is 11.2 Å². The van der Waals surface area contributed by atoms with E-state index >= 15 is 0 Å². The van der Waals surface area contributed by atoms with Gasteiger partial charge in [0.25, 0.3) is 0 Å². The van der Waals surface area contributed by atoms with Crippen molar-refractivity contribution < 1.29 is 4.79 Å². The van der Waals surface area contributed by atoms with Crippen molar-refractivity contribution in [2.24, 2.45) is 0 Å². The van der Waals surface area contributed by atoms with Crippen LogP contribution in [0.15, 0.2) is 29.2 Å². The van der Waals surface area contributed by atoms with E-state index in [4.69, 9.17) is 0 Å². The maximum atomic E-state index is 11.9. The summed E-state index contributed by atoms with van der Waals surface area (Å²) in [5.74, 6) is 0.159. The van der Waals surface area contributed by atoms with Gasteiger partial charge in [-0.2, -0.15) is 0 Å². The smallest absolute Gasteiger partial charge is 0.233 e. The van der Waals surface area contributed by atoms with Crippen molar-refractivity contribution in [3.05, 3.63) is 29.8 Å². The lowest BCUT2D eigenvalue weighted by molar-refractivity contribution is -0.120. The second-order valence-electron chi connectivity index (χ2n) is 5.36. The molecule has 3 nitrogen and oxygen atoms in total. The molecule has 0 aromatic heterocycles. The number of nitrogens with one attached hydrogen (secondary N) is 2. The molecule has 0 spiro atoms. The summed E-state index contributed by atoms with van der Waals surface area (Å²) in [4.78, 5) is 13.1. The maximum absolute atomic E-state index is 11.9. The fourth-order valence-electron chi connectivity index (χ4n) is 1.90. The molecule has 20 heavy (non-hydrogen) atoms. The lowest BCUT2D eigenvalue weighted by Gasteiger charge is -2.12. The Bertz CT molecular complexity index is 429. The van der Waals surface area contributed by atoms with Gasteiger partial charge in [-0.3, -0.25) is 4.79 Å². The Kier molecular flexibility index (Phi) is 5.92. The van der Waals surface area contributed by atoms with Crippen molar-refractivity contribution in [2.45, 2.75) is 55.8 Å². The Hall–Kier alpha value is -1.00. The molecule has 0 radical (unpaired) electrons. The van der Waals surface area contributed by atoms with Crippen LogP contribution in [0.3, 0.4) is 0 Å². The molecule has 0 heterocycles. The third kappa shape index (κ3) is 5.17. The number of rotatable bonds is 8. The van der Waals surface area contributed by atoms with Crippen molar-refractivity contribution in [3.8, 4) is 0 Å². The van der Waals surface area contributed by atoms with Crippen LogP contribution in [0, 0.1) is 0 Å². The lowest BCUT2D eigenvalue weighted by Crippen LogP contribution is -2.32. The maximum Gasteiger partial charge on any atom is 0.233 e. The molecule has 2 N–H and O–H groups in total. The predicted octanol–water partition coefficient (Wildman–Crippen LogP) is 2.95. The van der Waals surface area contributed by atoms with E-state index in [1.54, 1.807) is 11.8 Å². The SMILES string of the molecule is CCCNCc1ccc(SC(C)C(=O)NC2CC2)cc1. The molecule has 1 saturated carbocycles. The Balaban J connectivity index is 1.78. The number of carbonyl (C=O) groups is 1. The number of hydrogen-bond acceptors (Lipinski definition) is 3. The molecule has 1 fully saturated rings. The monoisotopic (exact) mass is 292 g/mol. The Labute approximate surface area is 125 Å². The second kappa shape index (κ2) is 7.70. The summed E-state index contributed by atoms with van der Waals surface area (Å²) in [7, 11) is 0. The van der Waals surface area contributed by atoms with E-state index in [1.165, 1.54) is 5.56 Å². The summed E-state index contributed by atoms with van der Waals surface area (Å²) in [5.41, 5.74) is 1.29. The van der Waals surface area contributed by atoms with Crippen molar-refractivity contribution in [1.29, 1.82) is 0 Å². The number of amides is 1. The topological polar surface area (TPSA) is 41.1 Å². The van der Waals surface area contributed by atoms with Crippen LogP contribution in [-0.2, 0) is 11.3 Å². The molecule has 110 valence electrons. The summed E-state index contributed by atoms with van der Waals surface area (Å²) in [6.07, 6.45) is 3.44. The Morgan fingerprint density at radius 3 is 2.65 bits per heavy atom. The molecule has 0 saturated heterocycles. The van der Waals surface area contributed by atoms with Crippen LogP contribution in [-0.4, -0.2) is 23.7 Å². The molecular weight excluding hydrogens is 268 g/mol. The van der Waals surface area contributed by atoms with Crippen LogP contribution in [0.4, 0.5) is 0 Å². The minimum atomic E-state index is -0.0281. The molecule has 2 rings (SSSR count). The van der Waals surface area contributed by atoms with Crippen LogP contribution < -0.4 is 10.6 Å². The highest BCUT2D eigenvalue weighted by Crippen LogP contribution is 2.25. The van der Waals surface area contributed by atoms with Crippen LogP contribution in [0.1, 0.15) is 38.7 Å². The van der Waals surface area contributed by atoms with Crippen LogP contribution >= 0.6 is 11.8 Å². The van der Waals surface area contributed by atoms with E-state index in [9.17, 15) is 4.79 Å². The zero-order valence-corrected chi connectivity index (χ0v) is 13.1. The number of benzene rings is 1. The van der Waals surface area contributed by atoms with Crippen LogP contribution in [0.25, 0.3) is 0 Å². The van der Waals surface area contributed by atoms with Gasteiger partial charge in [0.1, 0.15) is 0 Å². The first kappa shape index (κ1) is 15.4.